The van der Waals surface area contributed by atoms with Crippen LogP contribution < -0.4 is 5.48 Å². The Morgan fingerprint density at radius 3 is 2.74 bits per heavy atom. The quantitative estimate of drug-likeness (QED) is 0.425. The summed E-state index contributed by atoms with van der Waals surface area (Å²) in [7, 11) is 0. The van der Waals surface area contributed by atoms with Crippen LogP contribution in [-0.4, -0.2) is 55.8 Å². The van der Waals surface area contributed by atoms with Crippen molar-refractivity contribution in [1.82, 2.24) is 14.5 Å². The average molecular weight is 426 g/mol. The van der Waals surface area contributed by atoms with Crippen molar-refractivity contribution in [3.8, 4) is 11.8 Å². The summed E-state index contributed by atoms with van der Waals surface area (Å²) in [6.07, 6.45) is -0.842. The lowest BCUT2D eigenvalue weighted by Crippen LogP contribution is -2.40. The molecule has 1 aliphatic rings. The largest absolute Gasteiger partial charge is 0.394 e. The van der Waals surface area contributed by atoms with Crippen molar-refractivity contribution < 1.29 is 24.2 Å². The lowest BCUT2D eigenvalue weighted by molar-refractivity contribution is -0.0564. The third-order valence-electron chi connectivity index (χ3n) is 5.19. The van der Waals surface area contributed by atoms with Crippen LogP contribution in [0.3, 0.4) is 0 Å². The summed E-state index contributed by atoms with van der Waals surface area (Å²) in [5.41, 5.74) is 2.30. The first-order valence-corrected chi connectivity index (χ1v) is 9.91. The molecule has 162 valence electrons. The molecule has 0 amide bonds. The van der Waals surface area contributed by atoms with Gasteiger partial charge in [-0.05, 0) is 26.0 Å². The Morgan fingerprint density at radius 2 is 2.06 bits per heavy atom. The van der Waals surface area contributed by atoms with Crippen LogP contribution in [0.1, 0.15) is 31.2 Å². The Labute approximate surface area is 178 Å². The lowest BCUT2D eigenvalue weighted by atomic mass is 9.98. The van der Waals surface area contributed by atoms with E-state index in [0.29, 0.717) is 29.0 Å². The van der Waals surface area contributed by atoms with E-state index >= 15 is 4.39 Å². The maximum Gasteiger partial charge on any atom is 0.181 e. The van der Waals surface area contributed by atoms with E-state index in [1.807, 2.05) is 37.3 Å². The number of hydrogen-bond donors (Lipinski definition) is 3. The van der Waals surface area contributed by atoms with Gasteiger partial charge in [-0.15, -0.1) is 0 Å². The fourth-order valence-electron chi connectivity index (χ4n) is 3.60. The number of rotatable bonds is 5. The molecule has 9 heteroatoms. The summed E-state index contributed by atoms with van der Waals surface area (Å²) in [6.45, 7) is 2.95. The fraction of sp³-hybridized carbons (Fsp3) is 0.364. The Bertz CT molecular complexity index is 1120. The van der Waals surface area contributed by atoms with E-state index < -0.39 is 30.7 Å². The molecule has 1 aliphatic heterocycles. The Morgan fingerprint density at radius 1 is 1.29 bits per heavy atom. The second kappa shape index (κ2) is 8.61. The van der Waals surface area contributed by atoms with Gasteiger partial charge >= 0.3 is 0 Å². The van der Waals surface area contributed by atoms with E-state index in [1.165, 1.54) is 17.8 Å². The molecule has 3 heterocycles. The van der Waals surface area contributed by atoms with Crippen LogP contribution in [0.2, 0.25) is 0 Å². The predicted octanol–water partition coefficient (Wildman–Crippen LogP) is 2.17. The highest BCUT2D eigenvalue weighted by molar-refractivity contribution is 5.93. The van der Waals surface area contributed by atoms with Crippen molar-refractivity contribution in [2.45, 2.75) is 38.0 Å². The lowest BCUT2D eigenvalue weighted by Gasteiger charge is -2.25. The molecular formula is C22H23FN4O4. The number of aliphatic hydroxyl groups is 2. The highest BCUT2D eigenvalue weighted by atomic mass is 19.1. The van der Waals surface area contributed by atoms with Crippen molar-refractivity contribution in [2.75, 3.05) is 18.7 Å². The van der Waals surface area contributed by atoms with Crippen LogP contribution in [-0.2, 0) is 9.57 Å². The summed E-state index contributed by atoms with van der Waals surface area (Å²) in [5, 5.41) is 20.3. The number of ether oxygens (including phenoxy) is 1. The molecule has 0 aliphatic carbocycles. The number of hydrogen-bond acceptors (Lipinski definition) is 7. The van der Waals surface area contributed by atoms with Gasteiger partial charge in [0.15, 0.2) is 17.7 Å². The van der Waals surface area contributed by atoms with E-state index in [2.05, 4.69) is 27.3 Å². The zero-order valence-corrected chi connectivity index (χ0v) is 17.1. The molecular weight excluding hydrogens is 403 g/mol. The minimum absolute atomic E-state index is 0.356. The average Bonchev–Trinajstić information content (AvgIpc) is 3.26. The first-order chi connectivity index (χ1) is 15.0. The van der Waals surface area contributed by atoms with Gasteiger partial charge in [-0.25, -0.2) is 19.8 Å². The van der Waals surface area contributed by atoms with Crippen molar-refractivity contribution >= 4 is 16.9 Å². The van der Waals surface area contributed by atoms with Crippen molar-refractivity contribution in [3.63, 3.8) is 0 Å². The van der Waals surface area contributed by atoms with Crippen molar-refractivity contribution in [1.29, 1.82) is 0 Å². The van der Waals surface area contributed by atoms with Gasteiger partial charge in [0.25, 0.3) is 0 Å². The molecule has 3 aromatic rings. The topological polar surface area (TPSA) is 102 Å². The molecule has 0 saturated carbocycles. The van der Waals surface area contributed by atoms with E-state index in [-0.39, 0.29) is 0 Å². The molecule has 4 rings (SSSR count). The SMILES string of the molecule is CCONc1ncnc2c1c(C#Cc1ccccc1)cn2[C@@H]1OC(CO)C(O)[C@@]1(C)F. The molecule has 0 bridgehead atoms. The number of fused-ring (bicyclic) bond motifs is 1. The van der Waals surface area contributed by atoms with E-state index in [4.69, 9.17) is 9.57 Å². The predicted molar refractivity (Wildman–Crippen MR) is 112 cm³/mol. The van der Waals surface area contributed by atoms with Crippen molar-refractivity contribution in [3.05, 3.63) is 54.0 Å². The Hall–Kier alpha value is -3.03. The van der Waals surface area contributed by atoms with Gasteiger partial charge in [0, 0.05) is 11.8 Å². The summed E-state index contributed by atoms with van der Waals surface area (Å²) >= 11 is 0. The molecule has 2 aromatic heterocycles. The van der Waals surface area contributed by atoms with E-state index in [1.54, 1.807) is 6.20 Å². The molecule has 1 saturated heterocycles. The number of nitrogens with zero attached hydrogens (tertiary/aromatic N) is 3. The first-order valence-electron chi connectivity index (χ1n) is 9.91. The maximum atomic E-state index is 15.5. The Balaban J connectivity index is 1.87. The minimum atomic E-state index is -2.16. The van der Waals surface area contributed by atoms with Gasteiger partial charge in [-0.1, -0.05) is 30.0 Å². The maximum absolute atomic E-state index is 15.5. The number of anilines is 1. The summed E-state index contributed by atoms with van der Waals surface area (Å²) < 4.78 is 22.6. The van der Waals surface area contributed by atoms with Gasteiger partial charge in [0.1, 0.15) is 24.2 Å². The highest BCUT2D eigenvalue weighted by Gasteiger charge is 2.55. The molecule has 8 nitrogen and oxygen atoms in total. The second-order valence-electron chi connectivity index (χ2n) is 7.33. The van der Waals surface area contributed by atoms with Gasteiger partial charge in [0.2, 0.25) is 0 Å². The van der Waals surface area contributed by atoms with Gasteiger partial charge in [-0.2, -0.15) is 0 Å². The number of aromatic nitrogens is 3. The van der Waals surface area contributed by atoms with Crippen LogP contribution in [0, 0.1) is 11.8 Å². The molecule has 0 radical (unpaired) electrons. The molecule has 2 unspecified atom stereocenters. The van der Waals surface area contributed by atoms with Crippen molar-refractivity contribution in [2.24, 2.45) is 0 Å². The molecule has 1 aromatic carbocycles. The fourth-order valence-corrected chi connectivity index (χ4v) is 3.60. The smallest absolute Gasteiger partial charge is 0.181 e. The summed E-state index contributed by atoms with van der Waals surface area (Å²) in [5.74, 6) is 6.55. The number of nitrogens with one attached hydrogen (secondary N) is 1. The normalized spacial score (nSPS) is 25.4. The van der Waals surface area contributed by atoms with E-state index in [9.17, 15) is 10.2 Å². The molecule has 3 N–H and O–H groups in total. The zero-order valence-electron chi connectivity index (χ0n) is 17.1. The van der Waals surface area contributed by atoms with Gasteiger partial charge in [0.05, 0.1) is 24.2 Å². The second-order valence-corrected chi connectivity index (χ2v) is 7.33. The number of alkyl halides is 1. The van der Waals surface area contributed by atoms with Crippen LogP contribution in [0.5, 0.6) is 0 Å². The molecule has 0 spiro atoms. The number of halogens is 1. The third kappa shape index (κ3) is 3.86. The van der Waals surface area contributed by atoms with E-state index in [0.717, 1.165) is 5.56 Å². The molecule has 1 fully saturated rings. The van der Waals surface area contributed by atoms with Gasteiger partial charge in [-0.3, -0.25) is 4.84 Å². The number of benzene rings is 1. The van der Waals surface area contributed by atoms with Gasteiger partial charge < -0.3 is 19.5 Å². The highest BCUT2D eigenvalue weighted by Crippen LogP contribution is 2.43. The third-order valence-corrected chi connectivity index (χ3v) is 5.19. The minimum Gasteiger partial charge on any atom is -0.394 e. The Kier molecular flexibility index (Phi) is 5.89. The van der Waals surface area contributed by atoms with Crippen LogP contribution >= 0.6 is 0 Å². The first kappa shape index (κ1) is 21.2. The number of aliphatic hydroxyl groups excluding tert-OH is 2. The standard InChI is InChI=1S/C22H23FN4O4/c1-3-30-26-19-17-15(10-9-14-7-5-4-6-8-14)11-27(20(17)25-13-24-19)21-22(2,23)18(29)16(12-28)31-21/h4-8,11,13,16,18,21,28-29H,3,12H2,1-2H3,(H,24,25,26)/t16?,18?,21-,22-/m1/s1. The molecule has 31 heavy (non-hydrogen) atoms. The zero-order chi connectivity index (χ0) is 22.0. The monoisotopic (exact) mass is 426 g/mol. The van der Waals surface area contributed by atoms with Crippen LogP contribution in [0.15, 0.2) is 42.9 Å². The molecule has 4 atom stereocenters. The van der Waals surface area contributed by atoms with Crippen LogP contribution in [0.4, 0.5) is 10.2 Å². The van der Waals surface area contributed by atoms with Crippen LogP contribution in [0.25, 0.3) is 11.0 Å². The summed E-state index contributed by atoms with van der Waals surface area (Å²) in [4.78, 5) is 13.8. The summed E-state index contributed by atoms with van der Waals surface area (Å²) in [6, 6.07) is 9.43.